The predicted octanol–water partition coefficient (Wildman–Crippen LogP) is 19.5. The van der Waals surface area contributed by atoms with Gasteiger partial charge in [-0.2, -0.15) is 0 Å². The van der Waals surface area contributed by atoms with Crippen molar-refractivity contribution >= 4 is 100 Å². The lowest BCUT2D eigenvalue weighted by Gasteiger charge is -2.45. The molecule has 390 valence electrons. The van der Waals surface area contributed by atoms with E-state index < -0.39 is 0 Å². The van der Waals surface area contributed by atoms with E-state index in [0.29, 0.717) is 0 Å². The highest BCUT2D eigenvalue weighted by Gasteiger charge is 2.45. The lowest BCUT2D eigenvalue weighted by atomic mass is 9.33. The Labute approximate surface area is 469 Å². The standard InChI is InChI=1S/C76H73BN2/c1-46-28-53(48-22-16-15-17-23-48)29-47(2)71(46)58-38-69-72-70(39-58)79(64-44-61(75(9,10)11)41-62(45-64)76(12,13)14)68-37-57-33-52-27-21-19-25-50(52)31-55(57)35-66(68)77(72)65-34-54-30-49-24-18-20-26-51(49)32-56(54)36-67(65)78(69)63-42-59(73(3,4)5)40-60(43-63)74(6,7)8/h15-45H,1-14H3. The fourth-order valence-electron chi connectivity index (χ4n) is 13.0. The van der Waals surface area contributed by atoms with Crippen LogP contribution < -0.4 is 26.2 Å². The summed E-state index contributed by atoms with van der Waals surface area (Å²) < 4.78 is 0. The monoisotopic (exact) mass is 1020 g/mol. The first-order valence-corrected chi connectivity index (χ1v) is 28.7. The Morgan fingerprint density at radius 3 is 0.987 bits per heavy atom. The van der Waals surface area contributed by atoms with E-state index in [9.17, 15) is 0 Å². The van der Waals surface area contributed by atoms with Gasteiger partial charge in [0.2, 0.25) is 0 Å². The Balaban J connectivity index is 1.22. The summed E-state index contributed by atoms with van der Waals surface area (Å²) >= 11 is 0. The smallest absolute Gasteiger partial charge is 0.252 e. The third-order valence-electron chi connectivity index (χ3n) is 17.5. The Kier molecular flexibility index (Phi) is 11.4. The highest BCUT2D eigenvalue weighted by atomic mass is 15.2. The lowest BCUT2D eigenvalue weighted by Crippen LogP contribution is -2.61. The molecular formula is C76H73BN2. The number of hydrogen-bond donors (Lipinski definition) is 0. The van der Waals surface area contributed by atoms with Crippen molar-refractivity contribution in [2.45, 2.75) is 119 Å². The second-order valence-corrected chi connectivity index (χ2v) is 27.3. The number of hydrogen-bond acceptors (Lipinski definition) is 2. The van der Waals surface area contributed by atoms with Crippen LogP contribution in [0.25, 0.3) is 65.3 Å². The first-order chi connectivity index (χ1) is 37.5. The van der Waals surface area contributed by atoms with Crippen LogP contribution in [0.5, 0.6) is 0 Å². The second-order valence-electron chi connectivity index (χ2n) is 27.3. The van der Waals surface area contributed by atoms with Gasteiger partial charge in [-0.05, 0) is 223 Å². The number of benzene rings is 11. The third-order valence-corrected chi connectivity index (χ3v) is 17.5. The van der Waals surface area contributed by atoms with Gasteiger partial charge in [0.15, 0.2) is 0 Å². The van der Waals surface area contributed by atoms with Gasteiger partial charge in [0.25, 0.3) is 6.71 Å². The van der Waals surface area contributed by atoms with E-state index in [0.717, 1.165) is 0 Å². The molecule has 2 heterocycles. The molecule has 79 heavy (non-hydrogen) atoms. The van der Waals surface area contributed by atoms with E-state index in [4.69, 9.17) is 0 Å². The minimum atomic E-state index is -0.0980. The van der Waals surface area contributed by atoms with Crippen LogP contribution in [0, 0.1) is 13.8 Å². The van der Waals surface area contributed by atoms with Crippen LogP contribution in [0.3, 0.4) is 0 Å². The van der Waals surface area contributed by atoms with E-state index >= 15 is 0 Å². The Morgan fingerprint density at radius 1 is 0.291 bits per heavy atom. The van der Waals surface area contributed by atoms with Crippen molar-refractivity contribution in [2.24, 2.45) is 0 Å². The molecule has 0 spiro atoms. The van der Waals surface area contributed by atoms with Gasteiger partial charge in [-0.3, -0.25) is 0 Å². The average molecular weight is 1030 g/mol. The first kappa shape index (κ1) is 50.6. The molecule has 2 nitrogen and oxygen atoms in total. The molecule has 13 rings (SSSR count). The zero-order chi connectivity index (χ0) is 55.2. The van der Waals surface area contributed by atoms with E-state index in [1.807, 2.05) is 0 Å². The molecule has 0 fully saturated rings. The van der Waals surface area contributed by atoms with Gasteiger partial charge in [-0.1, -0.05) is 198 Å². The minimum Gasteiger partial charge on any atom is -0.311 e. The molecule has 2 aliphatic heterocycles. The van der Waals surface area contributed by atoms with Crippen molar-refractivity contribution in [2.75, 3.05) is 9.80 Å². The van der Waals surface area contributed by atoms with Gasteiger partial charge >= 0.3 is 0 Å². The third kappa shape index (κ3) is 8.64. The molecule has 2 aliphatic rings. The Bertz CT molecular complexity index is 4010. The summed E-state index contributed by atoms with van der Waals surface area (Å²) in [7, 11) is 0. The van der Waals surface area contributed by atoms with Crippen LogP contribution in [0.4, 0.5) is 34.1 Å². The molecule has 3 heteroatoms. The first-order valence-electron chi connectivity index (χ1n) is 28.7. The summed E-state index contributed by atoms with van der Waals surface area (Å²) in [6.45, 7) is 32.9. The molecule has 0 saturated heterocycles. The van der Waals surface area contributed by atoms with Gasteiger partial charge in [0, 0.05) is 34.1 Å². The van der Waals surface area contributed by atoms with Crippen LogP contribution in [-0.2, 0) is 21.7 Å². The SMILES string of the molecule is Cc1cc(-c2ccccc2)cc(C)c1-c1cc2c3c(c1)N(c1cc(C(C)(C)C)cc(C(C)(C)C)c1)c1cc4cc5ccccc5cc4cc1B3c1cc3cc4ccccc4cc3cc1N2c1cc(C(C)(C)C)cc(C(C)(C)C)c1. The molecular weight excluding hydrogens is 952 g/mol. The molecule has 11 aromatic carbocycles. The number of rotatable bonds is 4. The van der Waals surface area contributed by atoms with E-state index in [-0.39, 0.29) is 28.4 Å². The van der Waals surface area contributed by atoms with Crippen molar-refractivity contribution in [1.82, 2.24) is 0 Å². The van der Waals surface area contributed by atoms with Gasteiger partial charge in [0.1, 0.15) is 0 Å². The van der Waals surface area contributed by atoms with Crippen LogP contribution >= 0.6 is 0 Å². The average Bonchev–Trinajstić information content (AvgIpc) is 3.43. The van der Waals surface area contributed by atoms with Gasteiger partial charge in [-0.15, -0.1) is 0 Å². The summed E-state index contributed by atoms with van der Waals surface area (Å²) in [6.07, 6.45) is 0. The Morgan fingerprint density at radius 2 is 0.633 bits per heavy atom. The van der Waals surface area contributed by atoms with E-state index in [1.54, 1.807) is 0 Å². The zero-order valence-electron chi connectivity index (χ0n) is 48.9. The predicted molar refractivity (Wildman–Crippen MR) is 346 cm³/mol. The quantitative estimate of drug-likeness (QED) is 0.128. The molecule has 0 aliphatic carbocycles. The topological polar surface area (TPSA) is 6.48 Å². The highest BCUT2D eigenvalue weighted by Crippen LogP contribution is 2.50. The molecule has 11 aromatic rings. The van der Waals surface area contributed by atoms with Crippen LogP contribution in [-0.4, -0.2) is 6.71 Å². The minimum absolute atomic E-state index is 0.0910. The normalized spacial score (nSPS) is 13.6. The van der Waals surface area contributed by atoms with Crippen LogP contribution in [0.15, 0.2) is 188 Å². The van der Waals surface area contributed by atoms with Crippen molar-refractivity contribution in [3.8, 4) is 22.3 Å². The number of aryl methyl sites for hydroxylation is 2. The summed E-state index contributed by atoms with van der Waals surface area (Å²) in [5.74, 6) is 0. The van der Waals surface area contributed by atoms with Crippen molar-refractivity contribution in [3.05, 3.63) is 221 Å². The van der Waals surface area contributed by atoms with E-state index in [1.165, 1.54) is 149 Å². The van der Waals surface area contributed by atoms with Crippen molar-refractivity contribution in [1.29, 1.82) is 0 Å². The maximum absolute atomic E-state index is 2.68. The summed E-state index contributed by atoms with van der Waals surface area (Å²) in [4.78, 5) is 5.36. The fraction of sp³-hybridized carbons (Fsp3) is 0.237. The molecule has 0 radical (unpaired) electrons. The molecule has 0 bridgehead atoms. The molecule has 0 aromatic heterocycles. The second kappa shape index (κ2) is 17.8. The number of nitrogens with zero attached hydrogens (tertiary/aromatic N) is 2. The highest BCUT2D eigenvalue weighted by molar-refractivity contribution is 7.00. The van der Waals surface area contributed by atoms with Gasteiger partial charge in [-0.25, -0.2) is 0 Å². The molecule has 0 unspecified atom stereocenters. The Hall–Kier alpha value is -7.88. The van der Waals surface area contributed by atoms with E-state index in [2.05, 4.69) is 295 Å². The van der Waals surface area contributed by atoms with Crippen LogP contribution in [0.2, 0.25) is 0 Å². The zero-order valence-corrected chi connectivity index (χ0v) is 48.9. The molecule has 0 saturated carbocycles. The largest absolute Gasteiger partial charge is 0.311 e. The van der Waals surface area contributed by atoms with Crippen molar-refractivity contribution in [3.63, 3.8) is 0 Å². The summed E-state index contributed by atoms with van der Waals surface area (Å²) in [5, 5.41) is 10.0. The lowest BCUT2D eigenvalue weighted by molar-refractivity contribution is 0.568. The summed E-state index contributed by atoms with van der Waals surface area (Å²) in [5.41, 5.74) is 23.7. The molecule has 0 amide bonds. The van der Waals surface area contributed by atoms with Gasteiger partial charge in [0.05, 0.1) is 0 Å². The maximum atomic E-state index is 2.68. The number of fused-ring (bicyclic) bond motifs is 8. The maximum Gasteiger partial charge on any atom is 0.252 e. The summed E-state index contributed by atoms with van der Waals surface area (Å²) in [6, 6.07) is 73.4. The van der Waals surface area contributed by atoms with Crippen LogP contribution in [0.1, 0.15) is 116 Å². The number of anilines is 6. The van der Waals surface area contributed by atoms with Crippen molar-refractivity contribution < 1.29 is 0 Å². The van der Waals surface area contributed by atoms with Gasteiger partial charge < -0.3 is 9.80 Å². The molecule has 0 N–H and O–H groups in total. The fourth-order valence-corrected chi connectivity index (χ4v) is 13.0. The molecule has 0 atom stereocenters.